The predicted molar refractivity (Wildman–Crippen MR) is 58.7 cm³/mol. The van der Waals surface area contributed by atoms with E-state index in [1.165, 1.54) is 18.2 Å². The Labute approximate surface area is 101 Å². The number of hydrogen-bond acceptors (Lipinski definition) is 0. The van der Waals surface area contributed by atoms with Gasteiger partial charge in [0, 0.05) is 10.6 Å². The van der Waals surface area contributed by atoms with E-state index in [9.17, 15) is 17.3 Å². The topological polar surface area (TPSA) is 0 Å². The summed E-state index contributed by atoms with van der Waals surface area (Å²) in [4.78, 5) is 0. The van der Waals surface area contributed by atoms with E-state index < -0.39 is 23.5 Å². The van der Waals surface area contributed by atoms with Crippen molar-refractivity contribution >= 4 is 18.6 Å². The highest BCUT2D eigenvalue weighted by Gasteiger charge is 2.74. The van der Waals surface area contributed by atoms with Gasteiger partial charge in [0.2, 0.25) is 0 Å². The van der Waals surface area contributed by atoms with E-state index in [-0.39, 0.29) is 29.8 Å². The molecule has 0 saturated heterocycles. The fraction of sp³-hybridized carbons (Fsp3) is 0.455. The summed E-state index contributed by atoms with van der Waals surface area (Å²) in [7, 11) is 0. The van der Waals surface area contributed by atoms with Gasteiger partial charge < -0.3 is 12.9 Å². The van der Waals surface area contributed by atoms with E-state index in [1.807, 2.05) is 0 Å². The zero-order valence-corrected chi connectivity index (χ0v) is 9.58. The molecule has 2 bridgehead atoms. The first-order valence-electron chi connectivity index (χ1n) is 5.44. The Hall–Kier alpha value is -0.705. The van der Waals surface area contributed by atoms with E-state index in [2.05, 4.69) is 0 Å². The maximum absolute atomic E-state index is 13.7. The van der Waals surface area contributed by atoms with Crippen LogP contribution in [0.15, 0.2) is 18.2 Å². The maximum Gasteiger partial charge on any atom is 0.484 e. The van der Waals surface area contributed by atoms with Crippen LogP contribution in [0.25, 0.3) is 0 Å². The number of hydrogen-bond donors (Lipinski definition) is 0. The van der Waals surface area contributed by atoms with Gasteiger partial charge in [-0.05, 0) is 17.5 Å². The van der Waals surface area contributed by atoms with Crippen molar-refractivity contribution < 1.29 is 17.3 Å². The molecular weight excluding hydrogens is 254 g/mol. The summed E-state index contributed by atoms with van der Waals surface area (Å²) in [6.45, 7) is -4.82. The van der Waals surface area contributed by atoms with Crippen LogP contribution >= 0.6 is 11.6 Å². The molecule has 17 heavy (non-hydrogen) atoms. The van der Waals surface area contributed by atoms with Gasteiger partial charge in [-0.3, -0.25) is 0 Å². The van der Waals surface area contributed by atoms with Gasteiger partial charge in [-0.1, -0.05) is 42.2 Å². The maximum atomic E-state index is 13.7. The lowest BCUT2D eigenvalue weighted by Crippen LogP contribution is -2.67. The van der Waals surface area contributed by atoms with Gasteiger partial charge >= 0.3 is 6.98 Å². The third-order valence-electron chi connectivity index (χ3n) is 4.26. The van der Waals surface area contributed by atoms with Crippen LogP contribution in [0.1, 0.15) is 24.8 Å². The Kier molecular flexibility index (Phi) is 2.01. The summed E-state index contributed by atoms with van der Waals surface area (Å²) in [6, 6.07) is 4.26. The van der Waals surface area contributed by atoms with E-state index in [1.54, 1.807) is 0 Å². The highest BCUT2D eigenvalue weighted by Crippen LogP contribution is 2.83. The van der Waals surface area contributed by atoms with Crippen molar-refractivity contribution in [3.8, 4) is 0 Å². The Balaban J connectivity index is 1.93. The molecule has 0 spiro atoms. The summed E-state index contributed by atoms with van der Waals surface area (Å²) >= 11 is 5.89. The van der Waals surface area contributed by atoms with Crippen LogP contribution < -0.4 is 0 Å². The summed E-state index contributed by atoms with van der Waals surface area (Å²) in [5.74, 6) is -0.486. The second-order valence-corrected chi connectivity index (χ2v) is 5.75. The Bertz CT molecular complexity index is 457. The number of halogens is 5. The molecule has 1 aromatic carbocycles. The fourth-order valence-electron chi connectivity index (χ4n) is 3.48. The first-order chi connectivity index (χ1) is 7.80. The van der Waals surface area contributed by atoms with Crippen molar-refractivity contribution in [2.24, 2.45) is 0 Å². The van der Waals surface area contributed by atoms with Crippen LogP contribution in [-0.2, 0) is 5.41 Å². The van der Waals surface area contributed by atoms with Gasteiger partial charge in [-0.25, -0.2) is 4.39 Å². The lowest BCUT2D eigenvalue weighted by Gasteiger charge is -2.75. The van der Waals surface area contributed by atoms with E-state index in [4.69, 9.17) is 11.6 Å². The summed E-state index contributed by atoms with van der Waals surface area (Å²) in [5.41, 5.74) is -0.372. The van der Waals surface area contributed by atoms with Crippen LogP contribution in [0.4, 0.5) is 17.3 Å². The minimum atomic E-state index is -4.82. The van der Waals surface area contributed by atoms with Gasteiger partial charge in [-0.2, -0.15) is 0 Å². The SMILES string of the molecule is Fc1cccc(Cl)c1C12CC([B-](F)(F)F)(C1)C2. The lowest BCUT2D eigenvalue weighted by atomic mass is 9.23. The lowest BCUT2D eigenvalue weighted by molar-refractivity contribution is -0.0423. The average molecular weight is 263 g/mol. The molecule has 0 heterocycles. The van der Waals surface area contributed by atoms with Crippen LogP contribution in [-0.4, -0.2) is 6.98 Å². The summed E-state index contributed by atoms with van der Waals surface area (Å²) < 4.78 is 51.9. The van der Waals surface area contributed by atoms with Crippen molar-refractivity contribution in [1.29, 1.82) is 0 Å². The van der Waals surface area contributed by atoms with Gasteiger partial charge in [0.25, 0.3) is 0 Å². The van der Waals surface area contributed by atoms with Crippen molar-refractivity contribution in [3.05, 3.63) is 34.6 Å². The molecule has 0 amide bonds. The quantitative estimate of drug-likeness (QED) is 0.544. The monoisotopic (exact) mass is 263 g/mol. The summed E-state index contributed by atoms with van der Waals surface area (Å²) in [6.07, 6.45) is 0.0124. The molecule has 1 aromatic rings. The van der Waals surface area contributed by atoms with Crippen LogP contribution in [0.2, 0.25) is 10.3 Å². The summed E-state index contributed by atoms with van der Waals surface area (Å²) in [5, 5.41) is -1.26. The minimum absolute atomic E-state index is 0.00412. The Morgan fingerprint density at radius 2 is 1.71 bits per heavy atom. The zero-order chi connectivity index (χ0) is 12.5. The highest BCUT2D eigenvalue weighted by molar-refractivity contribution is 6.63. The molecule has 0 radical (unpaired) electrons. The third-order valence-corrected chi connectivity index (χ3v) is 4.57. The minimum Gasteiger partial charge on any atom is -0.449 e. The van der Waals surface area contributed by atoms with Gasteiger partial charge in [0.05, 0.1) is 0 Å². The molecule has 0 aromatic heterocycles. The standard InChI is InChI=1S/C11H9BClF4/c13-7-2-1-3-8(14)9(7)10-4-11(5-10,6-10)12(15,16)17/h1-3H,4-6H2/q-1. The molecule has 3 saturated carbocycles. The molecule has 4 rings (SSSR count). The highest BCUT2D eigenvalue weighted by atomic mass is 35.5. The smallest absolute Gasteiger partial charge is 0.449 e. The zero-order valence-electron chi connectivity index (χ0n) is 8.82. The van der Waals surface area contributed by atoms with Crippen molar-refractivity contribution in [1.82, 2.24) is 0 Å². The van der Waals surface area contributed by atoms with Crippen molar-refractivity contribution in [2.45, 2.75) is 30.0 Å². The van der Waals surface area contributed by atoms with Gasteiger partial charge in [0.15, 0.2) is 0 Å². The molecule has 0 aliphatic heterocycles. The molecule has 6 heteroatoms. The Morgan fingerprint density at radius 1 is 1.12 bits per heavy atom. The molecule has 0 unspecified atom stereocenters. The normalized spacial score (nSPS) is 35.1. The third kappa shape index (κ3) is 1.26. The molecule has 3 fully saturated rings. The molecule has 0 N–H and O–H groups in total. The van der Waals surface area contributed by atoms with Crippen LogP contribution in [0.5, 0.6) is 0 Å². The molecule has 0 atom stereocenters. The Morgan fingerprint density at radius 3 is 2.18 bits per heavy atom. The van der Waals surface area contributed by atoms with E-state index >= 15 is 0 Å². The molecule has 0 nitrogen and oxygen atoms in total. The molecule has 92 valence electrons. The number of rotatable bonds is 2. The predicted octanol–water partition coefficient (Wildman–Crippen LogP) is 4.50. The number of benzene rings is 1. The molecule has 3 aliphatic carbocycles. The van der Waals surface area contributed by atoms with Gasteiger partial charge in [0.1, 0.15) is 5.82 Å². The molecular formula is C11H9BClF4-. The van der Waals surface area contributed by atoms with Gasteiger partial charge in [-0.15, -0.1) is 0 Å². The van der Waals surface area contributed by atoms with Crippen LogP contribution in [0.3, 0.4) is 0 Å². The van der Waals surface area contributed by atoms with E-state index in [0.29, 0.717) is 0 Å². The second kappa shape index (κ2) is 3.00. The largest absolute Gasteiger partial charge is 0.484 e. The average Bonchev–Trinajstić information content (AvgIpc) is 2.03. The van der Waals surface area contributed by atoms with Crippen molar-refractivity contribution in [3.63, 3.8) is 0 Å². The first-order valence-corrected chi connectivity index (χ1v) is 5.81. The van der Waals surface area contributed by atoms with E-state index in [0.717, 1.165) is 0 Å². The van der Waals surface area contributed by atoms with Crippen molar-refractivity contribution in [2.75, 3.05) is 0 Å². The first kappa shape index (κ1) is 11.4. The molecule has 3 aliphatic rings. The van der Waals surface area contributed by atoms with Crippen LogP contribution in [0, 0.1) is 5.82 Å². The second-order valence-electron chi connectivity index (χ2n) is 5.34. The fourth-order valence-corrected chi connectivity index (χ4v) is 3.85.